The normalized spacial score (nSPS) is 35.3. The van der Waals surface area contributed by atoms with Crippen molar-refractivity contribution in [2.24, 2.45) is 23.2 Å². The first-order valence-electron chi connectivity index (χ1n) is 7.93. The Morgan fingerprint density at radius 3 is 2.29 bits per heavy atom. The van der Waals surface area contributed by atoms with E-state index in [1.165, 1.54) is 51.6 Å². The molecule has 0 heterocycles. The van der Waals surface area contributed by atoms with Gasteiger partial charge in [-0.05, 0) is 61.8 Å². The van der Waals surface area contributed by atoms with Crippen LogP contribution in [0.2, 0.25) is 0 Å². The lowest BCUT2D eigenvalue weighted by molar-refractivity contribution is 0.183. The smallest absolute Gasteiger partial charge is 0.000811 e. The van der Waals surface area contributed by atoms with Gasteiger partial charge < -0.3 is 5.32 Å². The van der Waals surface area contributed by atoms with Crippen LogP contribution in [0.3, 0.4) is 0 Å². The van der Waals surface area contributed by atoms with Crippen LogP contribution in [0.25, 0.3) is 0 Å². The quantitative estimate of drug-likeness (QED) is 0.623. The summed E-state index contributed by atoms with van der Waals surface area (Å²) in [6.07, 6.45) is 10.1. The van der Waals surface area contributed by atoms with Gasteiger partial charge in [0.05, 0.1) is 0 Å². The Balaban J connectivity index is 1.88. The van der Waals surface area contributed by atoms with Crippen LogP contribution in [-0.2, 0) is 0 Å². The van der Waals surface area contributed by atoms with Crippen LogP contribution >= 0.6 is 0 Å². The highest BCUT2D eigenvalue weighted by atomic mass is 14.9. The highest BCUT2D eigenvalue weighted by Gasteiger charge is 2.53. The van der Waals surface area contributed by atoms with E-state index in [1.54, 1.807) is 6.42 Å². The van der Waals surface area contributed by atoms with Crippen molar-refractivity contribution >= 4 is 0 Å². The zero-order valence-electron chi connectivity index (χ0n) is 12.1. The number of hydrogen-bond donors (Lipinski definition) is 1. The van der Waals surface area contributed by atoms with Gasteiger partial charge in [-0.2, -0.15) is 0 Å². The Bertz CT molecular complexity index is 222. The average molecular weight is 237 g/mol. The summed E-state index contributed by atoms with van der Waals surface area (Å²) in [4.78, 5) is 0. The van der Waals surface area contributed by atoms with Crippen LogP contribution in [0.15, 0.2) is 0 Å². The van der Waals surface area contributed by atoms with Crippen LogP contribution in [0.4, 0.5) is 0 Å². The molecule has 17 heavy (non-hydrogen) atoms. The molecular formula is C16H31N. The molecular weight excluding hydrogens is 206 g/mol. The van der Waals surface area contributed by atoms with Crippen molar-refractivity contribution in [3.8, 4) is 0 Å². The van der Waals surface area contributed by atoms with E-state index in [1.807, 2.05) is 0 Å². The summed E-state index contributed by atoms with van der Waals surface area (Å²) in [5.74, 6) is 3.21. The van der Waals surface area contributed by atoms with Crippen LogP contribution in [0.5, 0.6) is 0 Å². The Kier molecular flexibility index (Phi) is 4.52. The van der Waals surface area contributed by atoms with E-state index in [-0.39, 0.29) is 0 Å². The molecule has 1 heteroatoms. The highest BCUT2D eigenvalue weighted by Crippen LogP contribution is 2.61. The fourth-order valence-corrected chi connectivity index (χ4v) is 4.11. The lowest BCUT2D eigenvalue weighted by Gasteiger charge is -2.34. The minimum Gasteiger partial charge on any atom is -0.316 e. The van der Waals surface area contributed by atoms with Gasteiger partial charge in [0.15, 0.2) is 0 Å². The van der Waals surface area contributed by atoms with Gasteiger partial charge in [0.1, 0.15) is 0 Å². The van der Waals surface area contributed by atoms with E-state index in [0.717, 1.165) is 17.8 Å². The second-order valence-electron chi connectivity index (χ2n) is 6.73. The van der Waals surface area contributed by atoms with E-state index in [4.69, 9.17) is 0 Å². The van der Waals surface area contributed by atoms with E-state index < -0.39 is 0 Å². The molecule has 0 aromatic rings. The Morgan fingerprint density at radius 2 is 1.76 bits per heavy atom. The van der Waals surface area contributed by atoms with Crippen molar-refractivity contribution in [3.05, 3.63) is 0 Å². The average Bonchev–Trinajstić information content (AvgIpc) is 2.95. The molecule has 1 nitrogen and oxygen atoms in total. The Hall–Kier alpha value is -0.0400. The molecule has 1 N–H and O–H groups in total. The molecule has 100 valence electrons. The second kappa shape index (κ2) is 5.73. The molecule has 2 unspecified atom stereocenters. The second-order valence-corrected chi connectivity index (χ2v) is 6.73. The minimum atomic E-state index is 0.680. The van der Waals surface area contributed by atoms with E-state index >= 15 is 0 Å². The van der Waals surface area contributed by atoms with Gasteiger partial charge in [0.25, 0.3) is 0 Å². The Morgan fingerprint density at radius 1 is 1.12 bits per heavy atom. The predicted molar refractivity (Wildman–Crippen MR) is 75.1 cm³/mol. The zero-order valence-corrected chi connectivity index (χ0v) is 12.1. The standard InChI is InChI=1S/C16H31N/c1-4-7-17-12-16(9-13(5-2)6-3)10-14-8-15(14)11-16/h13-15,17H,4-12H2,1-3H3. The third kappa shape index (κ3) is 3.24. The molecule has 2 aliphatic rings. The SMILES string of the molecule is CCCNCC1(CC(CC)CC)CC2CC2C1. The summed E-state index contributed by atoms with van der Waals surface area (Å²) < 4.78 is 0. The van der Waals surface area contributed by atoms with Gasteiger partial charge in [-0.1, -0.05) is 33.6 Å². The zero-order chi connectivity index (χ0) is 12.3. The maximum Gasteiger partial charge on any atom is 0.000811 e. The molecule has 0 saturated heterocycles. The first-order chi connectivity index (χ1) is 8.23. The number of rotatable bonds is 8. The fraction of sp³-hybridized carbons (Fsp3) is 1.00. The molecule has 0 aromatic heterocycles. The Labute approximate surface area is 108 Å². The topological polar surface area (TPSA) is 12.0 Å². The van der Waals surface area contributed by atoms with Gasteiger partial charge in [-0.3, -0.25) is 0 Å². The van der Waals surface area contributed by atoms with Crippen molar-refractivity contribution in [2.45, 2.75) is 65.7 Å². The van der Waals surface area contributed by atoms with Crippen LogP contribution in [0.1, 0.15) is 65.7 Å². The summed E-state index contributed by atoms with van der Waals surface area (Å²) in [6, 6.07) is 0. The summed E-state index contributed by atoms with van der Waals surface area (Å²) in [7, 11) is 0. The molecule has 2 fully saturated rings. The molecule has 0 amide bonds. The van der Waals surface area contributed by atoms with Crippen LogP contribution in [0, 0.1) is 23.2 Å². The van der Waals surface area contributed by atoms with Gasteiger partial charge in [0, 0.05) is 6.54 Å². The minimum absolute atomic E-state index is 0.680. The lowest BCUT2D eigenvalue weighted by atomic mass is 9.74. The summed E-state index contributed by atoms with van der Waals surface area (Å²) in [6.45, 7) is 9.52. The summed E-state index contributed by atoms with van der Waals surface area (Å²) in [5, 5.41) is 3.71. The molecule has 0 aromatic carbocycles. The largest absolute Gasteiger partial charge is 0.316 e. The van der Waals surface area contributed by atoms with Crippen LogP contribution in [-0.4, -0.2) is 13.1 Å². The van der Waals surface area contributed by atoms with E-state index in [9.17, 15) is 0 Å². The first kappa shape index (κ1) is 13.4. The molecule has 2 rings (SSSR count). The van der Waals surface area contributed by atoms with E-state index in [2.05, 4.69) is 26.1 Å². The predicted octanol–water partition coefficient (Wildman–Crippen LogP) is 4.23. The molecule has 2 aliphatic carbocycles. The van der Waals surface area contributed by atoms with Crippen LogP contribution < -0.4 is 5.32 Å². The molecule has 0 bridgehead atoms. The third-order valence-electron chi connectivity index (χ3n) is 5.26. The lowest BCUT2D eigenvalue weighted by Crippen LogP contribution is -2.35. The molecule has 0 spiro atoms. The number of fused-ring (bicyclic) bond motifs is 1. The van der Waals surface area contributed by atoms with Crippen molar-refractivity contribution < 1.29 is 0 Å². The van der Waals surface area contributed by atoms with Gasteiger partial charge in [-0.25, -0.2) is 0 Å². The van der Waals surface area contributed by atoms with E-state index in [0.29, 0.717) is 5.41 Å². The van der Waals surface area contributed by atoms with Crippen molar-refractivity contribution in [1.82, 2.24) is 5.32 Å². The summed E-state index contributed by atoms with van der Waals surface area (Å²) >= 11 is 0. The third-order valence-corrected chi connectivity index (χ3v) is 5.26. The molecule has 0 radical (unpaired) electrons. The highest BCUT2D eigenvalue weighted by molar-refractivity contribution is 5.04. The first-order valence-corrected chi connectivity index (χ1v) is 7.93. The van der Waals surface area contributed by atoms with Gasteiger partial charge in [0.2, 0.25) is 0 Å². The maximum atomic E-state index is 3.71. The molecule has 2 atom stereocenters. The number of hydrogen-bond acceptors (Lipinski definition) is 1. The fourth-order valence-electron chi connectivity index (χ4n) is 4.11. The van der Waals surface area contributed by atoms with Crippen molar-refractivity contribution in [3.63, 3.8) is 0 Å². The van der Waals surface area contributed by atoms with Gasteiger partial charge >= 0.3 is 0 Å². The van der Waals surface area contributed by atoms with Crippen molar-refractivity contribution in [1.29, 1.82) is 0 Å². The molecule has 2 saturated carbocycles. The summed E-state index contributed by atoms with van der Waals surface area (Å²) in [5.41, 5.74) is 0.680. The van der Waals surface area contributed by atoms with Crippen molar-refractivity contribution in [2.75, 3.05) is 13.1 Å². The van der Waals surface area contributed by atoms with Gasteiger partial charge in [-0.15, -0.1) is 0 Å². The maximum absolute atomic E-state index is 3.71. The number of nitrogens with one attached hydrogen (secondary N) is 1. The molecule has 0 aliphatic heterocycles. The monoisotopic (exact) mass is 237 g/mol.